The first kappa shape index (κ1) is 32.9. The first-order chi connectivity index (χ1) is 18.7. The molecule has 1 aromatic carbocycles. The van der Waals surface area contributed by atoms with E-state index in [4.69, 9.17) is 0 Å². The topological polar surface area (TPSA) is 6.48 Å². The Bertz CT molecular complexity index is 701. The highest BCUT2D eigenvalue weighted by Crippen LogP contribution is 2.33. The summed E-state index contributed by atoms with van der Waals surface area (Å²) < 4.78 is 0. The van der Waals surface area contributed by atoms with Gasteiger partial charge in [-0.25, -0.2) is 0 Å². The lowest BCUT2D eigenvalue weighted by molar-refractivity contribution is 0.212. The molecule has 1 aromatic rings. The molecule has 2 rings (SSSR count). The zero-order valence-electron chi connectivity index (χ0n) is 26.1. The number of rotatable bonds is 22. The van der Waals surface area contributed by atoms with E-state index in [9.17, 15) is 0 Å². The van der Waals surface area contributed by atoms with E-state index < -0.39 is 0 Å². The number of unbranched alkanes of at least 4 members (excludes halogenated alkanes) is 10. The van der Waals surface area contributed by atoms with E-state index in [0.29, 0.717) is 6.04 Å². The molecule has 3 atom stereocenters. The van der Waals surface area contributed by atoms with Gasteiger partial charge in [0.1, 0.15) is 0 Å². The largest absolute Gasteiger partial charge is 0.372 e. The lowest BCUT2D eigenvalue weighted by atomic mass is 9.77. The lowest BCUT2D eigenvalue weighted by Crippen LogP contribution is -2.36. The highest BCUT2D eigenvalue weighted by molar-refractivity contribution is 5.47. The van der Waals surface area contributed by atoms with Crippen LogP contribution in [0.5, 0.6) is 0 Å². The molecule has 0 aromatic heterocycles. The van der Waals surface area contributed by atoms with Gasteiger partial charge in [0.05, 0.1) is 0 Å². The number of aryl methyl sites for hydroxylation is 1. The highest BCUT2D eigenvalue weighted by atomic mass is 15.1. The Kier molecular flexibility index (Phi) is 17.9. The summed E-state index contributed by atoms with van der Waals surface area (Å²) in [6.45, 7) is 15.9. The smallest absolute Gasteiger partial charge is 0.0366 e. The molecular weight excluding hydrogens is 460 g/mol. The molecule has 0 saturated carbocycles. The summed E-state index contributed by atoms with van der Waals surface area (Å²) in [4.78, 5) is 5.06. The monoisotopic (exact) mass is 523 g/mol. The number of benzene rings is 1. The molecule has 0 amide bonds. The van der Waals surface area contributed by atoms with Crippen LogP contribution in [0.4, 0.5) is 5.69 Å². The van der Waals surface area contributed by atoms with Crippen LogP contribution < -0.4 is 4.90 Å². The summed E-state index contributed by atoms with van der Waals surface area (Å²) in [5.41, 5.74) is 2.87. The average Bonchev–Trinajstić information content (AvgIpc) is 2.96. The lowest BCUT2D eigenvalue weighted by Gasteiger charge is -2.34. The third-order valence-electron chi connectivity index (χ3n) is 9.11. The first-order valence-corrected chi connectivity index (χ1v) is 16.7. The normalized spacial score (nSPS) is 18.3. The Balaban J connectivity index is 1.83. The van der Waals surface area contributed by atoms with E-state index in [0.717, 1.165) is 38.0 Å². The van der Waals surface area contributed by atoms with E-state index in [2.05, 4.69) is 87.3 Å². The van der Waals surface area contributed by atoms with E-state index in [-0.39, 0.29) is 0 Å². The van der Waals surface area contributed by atoms with Crippen molar-refractivity contribution in [1.82, 2.24) is 4.90 Å². The third-order valence-corrected chi connectivity index (χ3v) is 9.11. The van der Waals surface area contributed by atoms with Gasteiger partial charge in [0.15, 0.2) is 0 Å². The molecule has 217 valence electrons. The fraction of sp³-hybridized carbons (Fsp3) is 0.750. The van der Waals surface area contributed by atoms with Gasteiger partial charge in [-0.05, 0) is 95.0 Å². The highest BCUT2D eigenvalue weighted by Gasteiger charge is 2.25. The Morgan fingerprint density at radius 1 is 0.737 bits per heavy atom. The molecule has 2 heteroatoms. The number of anilines is 1. The molecule has 0 bridgehead atoms. The van der Waals surface area contributed by atoms with Crippen molar-refractivity contribution in [3.63, 3.8) is 0 Å². The molecule has 0 heterocycles. The number of hydrogen-bond donors (Lipinski definition) is 0. The second-order valence-corrected chi connectivity index (χ2v) is 11.7. The molecule has 1 aliphatic carbocycles. The number of hydrogen-bond acceptors (Lipinski definition) is 2. The van der Waals surface area contributed by atoms with Gasteiger partial charge in [0.2, 0.25) is 0 Å². The minimum atomic E-state index is 0.653. The van der Waals surface area contributed by atoms with Crippen LogP contribution in [0.15, 0.2) is 36.4 Å². The first-order valence-electron chi connectivity index (χ1n) is 16.7. The van der Waals surface area contributed by atoms with E-state index in [1.54, 1.807) is 0 Å². The Hall–Kier alpha value is -1.28. The average molecular weight is 524 g/mol. The van der Waals surface area contributed by atoms with Crippen LogP contribution >= 0.6 is 0 Å². The van der Waals surface area contributed by atoms with Crippen LogP contribution in [0.2, 0.25) is 0 Å². The summed E-state index contributed by atoms with van der Waals surface area (Å²) in [5, 5.41) is 0. The Morgan fingerprint density at radius 2 is 1.37 bits per heavy atom. The Morgan fingerprint density at radius 3 is 1.92 bits per heavy atom. The summed E-state index contributed by atoms with van der Waals surface area (Å²) in [6, 6.07) is 10.1. The van der Waals surface area contributed by atoms with Crippen LogP contribution in [0.25, 0.3) is 0 Å². The molecule has 1 aliphatic rings. The minimum absolute atomic E-state index is 0.653. The molecule has 3 unspecified atom stereocenters. The van der Waals surface area contributed by atoms with E-state index in [1.165, 1.54) is 108 Å². The van der Waals surface area contributed by atoms with E-state index >= 15 is 0 Å². The molecule has 1 radical (unpaired) electrons. The molecule has 0 aliphatic heterocycles. The maximum absolute atomic E-state index is 2.65. The molecular formula is C36H63N2. The van der Waals surface area contributed by atoms with Crippen molar-refractivity contribution in [2.24, 2.45) is 11.8 Å². The second-order valence-electron chi connectivity index (χ2n) is 11.7. The SMILES string of the molecule is CCCCCCCCCCC[CH]CC(CCc1ccc(N(CC)CC)cc1)C1C=CC(N(CC)CC)CC1. The summed E-state index contributed by atoms with van der Waals surface area (Å²) in [6.07, 6.45) is 28.4. The van der Waals surface area contributed by atoms with Gasteiger partial charge in [0.25, 0.3) is 0 Å². The van der Waals surface area contributed by atoms with Gasteiger partial charge >= 0.3 is 0 Å². The van der Waals surface area contributed by atoms with Crippen LogP contribution in [-0.4, -0.2) is 37.1 Å². The van der Waals surface area contributed by atoms with Crippen molar-refractivity contribution in [3.05, 3.63) is 48.4 Å². The minimum Gasteiger partial charge on any atom is -0.372 e. The van der Waals surface area contributed by atoms with Gasteiger partial charge in [-0.1, -0.05) is 109 Å². The van der Waals surface area contributed by atoms with Crippen molar-refractivity contribution < 1.29 is 0 Å². The van der Waals surface area contributed by atoms with Crippen LogP contribution in [-0.2, 0) is 6.42 Å². The quantitative estimate of drug-likeness (QED) is 0.110. The molecule has 38 heavy (non-hydrogen) atoms. The molecule has 0 fully saturated rings. The zero-order valence-corrected chi connectivity index (χ0v) is 26.1. The fourth-order valence-electron chi connectivity index (χ4n) is 6.47. The van der Waals surface area contributed by atoms with Gasteiger partial charge in [-0.2, -0.15) is 0 Å². The fourth-order valence-corrected chi connectivity index (χ4v) is 6.47. The standard InChI is InChI=1S/C36H63N2/c1-6-11-12-13-14-15-16-17-18-19-20-21-33(34-26-30-36(31-27-34)38(9-4)10-5)25-22-32-23-28-35(29-24-32)37(7-2)8-3/h20,23-24,26,28-30,33-34,36H,6-19,21-22,25,27,31H2,1-5H3. The molecule has 0 N–H and O–H groups in total. The molecule has 0 spiro atoms. The van der Waals surface area contributed by atoms with Crippen molar-refractivity contribution in [3.8, 4) is 0 Å². The summed E-state index contributed by atoms with van der Waals surface area (Å²) in [7, 11) is 0. The van der Waals surface area contributed by atoms with Gasteiger partial charge in [0, 0.05) is 24.8 Å². The van der Waals surface area contributed by atoms with Gasteiger partial charge < -0.3 is 4.90 Å². The van der Waals surface area contributed by atoms with Crippen LogP contribution in [0.1, 0.15) is 130 Å². The second kappa shape index (κ2) is 20.6. The number of likely N-dealkylation sites (N-methyl/N-ethyl adjacent to an activating group) is 1. The number of allylic oxidation sites excluding steroid dienone is 1. The van der Waals surface area contributed by atoms with Gasteiger partial charge in [-0.3, -0.25) is 4.90 Å². The summed E-state index contributed by atoms with van der Waals surface area (Å²) >= 11 is 0. The third kappa shape index (κ3) is 12.3. The predicted octanol–water partition coefficient (Wildman–Crippen LogP) is 10.3. The Labute approximate surface area is 238 Å². The van der Waals surface area contributed by atoms with Crippen molar-refractivity contribution in [1.29, 1.82) is 0 Å². The zero-order chi connectivity index (χ0) is 27.4. The van der Waals surface area contributed by atoms with Crippen molar-refractivity contribution >= 4 is 5.69 Å². The molecule has 0 saturated heterocycles. The maximum Gasteiger partial charge on any atom is 0.0366 e. The van der Waals surface area contributed by atoms with Crippen LogP contribution in [0, 0.1) is 18.3 Å². The van der Waals surface area contributed by atoms with E-state index in [1.807, 2.05) is 0 Å². The maximum atomic E-state index is 2.65. The van der Waals surface area contributed by atoms with Crippen molar-refractivity contribution in [2.45, 2.75) is 137 Å². The van der Waals surface area contributed by atoms with Crippen LogP contribution in [0.3, 0.4) is 0 Å². The molecule has 2 nitrogen and oxygen atoms in total. The van der Waals surface area contributed by atoms with Gasteiger partial charge in [-0.15, -0.1) is 0 Å². The van der Waals surface area contributed by atoms with Crippen molar-refractivity contribution in [2.75, 3.05) is 31.1 Å². The summed E-state index contributed by atoms with van der Waals surface area (Å²) in [5.74, 6) is 1.53. The number of nitrogens with zero attached hydrogens (tertiary/aromatic N) is 2. The predicted molar refractivity (Wildman–Crippen MR) is 171 cm³/mol.